The van der Waals surface area contributed by atoms with E-state index in [1.54, 1.807) is 5.56 Å². The molecule has 2 saturated carbocycles. The smallest absolute Gasteiger partial charge is 0.120 e. The Kier molecular flexibility index (Phi) is 8.32. The monoisotopic (exact) mass is 538 g/mol. The van der Waals surface area contributed by atoms with Gasteiger partial charge < -0.3 is 14.2 Å². The Morgan fingerprint density at radius 3 is 2.30 bits per heavy atom. The van der Waals surface area contributed by atoms with Gasteiger partial charge >= 0.3 is 0 Å². The Morgan fingerprint density at radius 2 is 1.57 bits per heavy atom. The van der Waals surface area contributed by atoms with Crippen molar-refractivity contribution in [2.75, 3.05) is 6.61 Å². The van der Waals surface area contributed by atoms with E-state index in [0.717, 1.165) is 43.6 Å². The van der Waals surface area contributed by atoms with Crippen molar-refractivity contribution in [3.8, 4) is 5.75 Å². The fourth-order valence-electron chi connectivity index (χ4n) is 8.43. The van der Waals surface area contributed by atoms with Gasteiger partial charge in [0.1, 0.15) is 12.4 Å². The highest BCUT2D eigenvalue weighted by atomic mass is 16.5. The summed E-state index contributed by atoms with van der Waals surface area (Å²) < 4.78 is 19.1. The first-order valence-electron chi connectivity index (χ1n) is 15.6. The van der Waals surface area contributed by atoms with E-state index in [-0.39, 0.29) is 11.5 Å². The van der Waals surface area contributed by atoms with E-state index in [9.17, 15) is 0 Å². The minimum Gasteiger partial charge on any atom is -0.489 e. The molecule has 2 fully saturated rings. The van der Waals surface area contributed by atoms with Crippen molar-refractivity contribution in [2.45, 2.75) is 90.6 Å². The summed E-state index contributed by atoms with van der Waals surface area (Å²) in [7, 11) is 0. The van der Waals surface area contributed by atoms with E-state index in [4.69, 9.17) is 14.2 Å². The molecule has 3 aliphatic carbocycles. The van der Waals surface area contributed by atoms with E-state index >= 15 is 0 Å². The van der Waals surface area contributed by atoms with Gasteiger partial charge in [-0.3, -0.25) is 0 Å². The lowest BCUT2D eigenvalue weighted by Gasteiger charge is -2.54. The summed E-state index contributed by atoms with van der Waals surface area (Å²) in [6, 6.07) is 28.1. The fraction of sp³-hybridized carbons (Fsp3) is 0.514. The Labute approximate surface area is 241 Å². The van der Waals surface area contributed by atoms with Crippen LogP contribution >= 0.6 is 0 Å². The number of hydrogen-bond acceptors (Lipinski definition) is 3. The SMILES string of the molecule is CC(C)OCC[C@H]1C[C@]2(C)C(OCc3ccccc3)CC[C@H]2[C@@H]2CCc3cc(OCc4ccccc4)ccc3[C@@H]12. The molecule has 3 aliphatic rings. The van der Waals surface area contributed by atoms with Crippen LogP contribution in [0.1, 0.15) is 81.0 Å². The van der Waals surface area contributed by atoms with E-state index in [0.29, 0.717) is 24.5 Å². The second-order valence-corrected chi connectivity index (χ2v) is 13.0. The number of rotatable bonds is 10. The largest absolute Gasteiger partial charge is 0.489 e. The zero-order chi connectivity index (χ0) is 27.5. The van der Waals surface area contributed by atoms with Crippen LogP contribution in [0.2, 0.25) is 0 Å². The average Bonchev–Trinajstić information content (AvgIpc) is 3.31. The quantitative estimate of drug-likeness (QED) is 0.258. The lowest BCUT2D eigenvalue weighted by atomic mass is 9.51. The molecule has 6 rings (SSSR count). The van der Waals surface area contributed by atoms with Gasteiger partial charge in [-0.1, -0.05) is 73.7 Å². The van der Waals surface area contributed by atoms with Crippen LogP contribution in [-0.2, 0) is 29.1 Å². The Hall–Kier alpha value is -2.62. The summed E-state index contributed by atoms with van der Waals surface area (Å²) in [6.07, 6.45) is 7.86. The van der Waals surface area contributed by atoms with Crippen LogP contribution in [0.3, 0.4) is 0 Å². The van der Waals surface area contributed by atoms with Crippen LogP contribution in [0.5, 0.6) is 5.75 Å². The summed E-state index contributed by atoms with van der Waals surface area (Å²) in [5.74, 6) is 3.66. The molecule has 3 aromatic carbocycles. The predicted octanol–water partition coefficient (Wildman–Crippen LogP) is 8.75. The minimum atomic E-state index is 0.231. The highest BCUT2D eigenvalue weighted by molar-refractivity contribution is 5.41. The van der Waals surface area contributed by atoms with Gasteiger partial charge in [0.2, 0.25) is 0 Å². The summed E-state index contributed by atoms with van der Waals surface area (Å²) in [4.78, 5) is 0. The number of aryl methyl sites for hydroxylation is 1. The molecule has 3 nitrogen and oxygen atoms in total. The molecule has 0 amide bonds. The molecule has 0 heterocycles. The maximum absolute atomic E-state index is 6.73. The maximum Gasteiger partial charge on any atom is 0.120 e. The highest BCUT2D eigenvalue weighted by Crippen LogP contribution is 2.64. The highest BCUT2D eigenvalue weighted by Gasteiger charge is 2.58. The topological polar surface area (TPSA) is 27.7 Å². The molecule has 0 aromatic heterocycles. The van der Waals surface area contributed by atoms with Gasteiger partial charge in [-0.25, -0.2) is 0 Å². The third-order valence-electron chi connectivity index (χ3n) is 10.2. The first-order chi connectivity index (χ1) is 19.5. The van der Waals surface area contributed by atoms with Crippen molar-refractivity contribution in [2.24, 2.45) is 23.2 Å². The average molecular weight is 539 g/mol. The third kappa shape index (κ3) is 5.74. The molecular weight excluding hydrogens is 492 g/mol. The van der Waals surface area contributed by atoms with Crippen molar-refractivity contribution in [1.29, 1.82) is 0 Å². The molecule has 0 radical (unpaired) electrons. The number of hydrogen-bond donors (Lipinski definition) is 0. The summed E-state index contributed by atoms with van der Waals surface area (Å²) in [5.41, 5.74) is 5.80. The lowest BCUT2D eigenvalue weighted by molar-refractivity contribution is -0.0907. The first-order valence-corrected chi connectivity index (χ1v) is 15.6. The van der Waals surface area contributed by atoms with Gasteiger partial charge in [-0.2, -0.15) is 0 Å². The van der Waals surface area contributed by atoms with Gasteiger partial charge in [0.25, 0.3) is 0 Å². The Morgan fingerprint density at radius 1 is 0.850 bits per heavy atom. The molecule has 0 bridgehead atoms. The van der Waals surface area contributed by atoms with Crippen molar-refractivity contribution < 1.29 is 14.2 Å². The van der Waals surface area contributed by atoms with Crippen molar-refractivity contribution in [1.82, 2.24) is 0 Å². The van der Waals surface area contributed by atoms with E-state index in [1.165, 1.54) is 42.4 Å². The van der Waals surface area contributed by atoms with Gasteiger partial charge in [-0.05, 0) is 116 Å². The van der Waals surface area contributed by atoms with Crippen LogP contribution in [0.15, 0.2) is 78.9 Å². The zero-order valence-electron chi connectivity index (χ0n) is 24.6. The molecule has 0 spiro atoms. The van der Waals surface area contributed by atoms with Crippen LogP contribution in [0, 0.1) is 23.2 Å². The Balaban J connectivity index is 1.22. The van der Waals surface area contributed by atoms with E-state index < -0.39 is 0 Å². The first kappa shape index (κ1) is 27.5. The van der Waals surface area contributed by atoms with Crippen LogP contribution < -0.4 is 4.74 Å². The molecule has 0 aliphatic heterocycles. The summed E-state index contributed by atoms with van der Waals surface area (Å²) in [5, 5.41) is 0. The lowest BCUT2D eigenvalue weighted by Crippen LogP contribution is -2.48. The van der Waals surface area contributed by atoms with Gasteiger partial charge in [0.05, 0.1) is 18.8 Å². The Bertz CT molecular complexity index is 1240. The molecular formula is C37H46O3. The second-order valence-electron chi connectivity index (χ2n) is 13.0. The number of benzene rings is 3. The van der Waals surface area contributed by atoms with Gasteiger partial charge in [0, 0.05) is 6.61 Å². The van der Waals surface area contributed by atoms with Crippen LogP contribution in [-0.4, -0.2) is 18.8 Å². The van der Waals surface area contributed by atoms with Crippen LogP contribution in [0.25, 0.3) is 0 Å². The maximum atomic E-state index is 6.73. The molecule has 0 saturated heterocycles. The number of ether oxygens (including phenoxy) is 3. The summed E-state index contributed by atoms with van der Waals surface area (Å²) >= 11 is 0. The van der Waals surface area contributed by atoms with E-state index in [2.05, 4.69) is 99.6 Å². The molecule has 0 N–H and O–H groups in total. The summed E-state index contributed by atoms with van der Waals surface area (Å²) in [6.45, 7) is 9.04. The van der Waals surface area contributed by atoms with Gasteiger partial charge in [0.15, 0.2) is 0 Å². The van der Waals surface area contributed by atoms with Crippen molar-refractivity contribution in [3.63, 3.8) is 0 Å². The minimum absolute atomic E-state index is 0.231. The van der Waals surface area contributed by atoms with Gasteiger partial charge in [-0.15, -0.1) is 0 Å². The molecule has 6 atom stereocenters. The zero-order valence-corrected chi connectivity index (χ0v) is 24.6. The standard InChI is InChI=1S/C37H46O3/c1-26(2)38-21-20-30-23-37(3)34(18-19-35(37)40-25-28-12-8-5-9-13-28)33-16-14-29-22-31(15-17-32(29)36(30)33)39-24-27-10-6-4-7-11-27/h4-13,15,17,22,26,30,33-36H,14,16,18-21,23-25H2,1-3H3/t30-,33-,34-,35?,36+,37-/m0/s1. The fourth-order valence-corrected chi connectivity index (χ4v) is 8.43. The predicted molar refractivity (Wildman–Crippen MR) is 161 cm³/mol. The number of fused-ring (bicyclic) bond motifs is 5. The van der Waals surface area contributed by atoms with Crippen LogP contribution in [0.4, 0.5) is 0 Å². The molecule has 1 unspecified atom stereocenters. The van der Waals surface area contributed by atoms with Crippen molar-refractivity contribution in [3.05, 3.63) is 101 Å². The molecule has 40 heavy (non-hydrogen) atoms. The molecule has 3 heteroatoms. The second kappa shape index (κ2) is 12.1. The molecule has 3 aromatic rings. The molecule has 212 valence electrons. The van der Waals surface area contributed by atoms with E-state index in [1.807, 2.05) is 0 Å². The normalized spacial score (nSPS) is 29.1. The van der Waals surface area contributed by atoms with Crippen molar-refractivity contribution >= 4 is 0 Å². The third-order valence-corrected chi connectivity index (χ3v) is 10.2.